The van der Waals surface area contributed by atoms with E-state index in [4.69, 9.17) is 5.73 Å². The highest BCUT2D eigenvalue weighted by molar-refractivity contribution is 7.92. The number of amides is 3. The highest BCUT2D eigenvalue weighted by Gasteiger charge is 2.28. The molecule has 0 aliphatic carbocycles. The van der Waals surface area contributed by atoms with Crippen LogP contribution in [0, 0.1) is 17.5 Å². The molecule has 1 atom stereocenters. The first-order valence-electron chi connectivity index (χ1n) is 9.44. The number of hydrogen-bond acceptors (Lipinski definition) is 7. The van der Waals surface area contributed by atoms with E-state index in [-0.39, 0.29) is 54.7 Å². The van der Waals surface area contributed by atoms with Crippen LogP contribution in [-0.2, 0) is 21.2 Å². The average Bonchev–Trinajstić information content (AvgIpc) is 3.28. The number of carbonyl (C=O) groups excluding carboxylic acids is 2. The lowest BCUT2D eigenvalue weighted by atomic mass is 10.0. The van der Waals surface area contributed by atoms with Crippen LogP contribution in [0.4, 0.5) is 18.0 Å². The molecule has 1 aliphatic rings. The Kier molecular flexibility index (Phi) is 7.36. The van der Waals surface area contributed by atoms with Crippen LogP contribution in [0.3, 0.4) is 0 Å². The fourth-order valence-electron chi connectivity index (χ4n) is 3.15. The minimum absolute atomic E-state index is 0.0916. The normalized spacial score (nSPS) is 15.5. The van der Waals surface area contributed by atoms with E-state index < -0.39 is 39.5 Å². The summed E-state index contributed by atoms with van der Waals surface area (Å²) in [7, 11) is -4.01. The van der Waals surface area contributed by atoms with E-state index in [2.05, 4.69) is 4.98 Å². The van der Waals surface area contributed by atoms with Crippen LogP contribution in [0.5, 0.6) is 0 Å². The predicted molar refractivity (Wildman–Crippen MR) is 109 cm³/mol. The number of benzene rings is 1. The van der Waals surface area contributed by atoms with Crippen molar-refractivity contribution < 1.29 is 31.2 Å². The van der Waals surface area contributed by atoms with Crippen LogP contribution in [0.25, 0.3) is 0 Å². The van der Waals surface area contributed by atoms with Gasteiger partial charge in [-0.1, -0.05) is 0 Å². The summed E-state index contributed by atoms with van der Waals surface area (Å²) in [5.74, 6) is -3.80. The third-order valence-corrected chi connectivity index (χ3v) is 7.41. The second-order valence-electron chi connectivity index (χ2n) is 7.13. The van der Waals surface area contributed by atoms with Crippen LogP contribution in [0.15, 0.2) is 28.0 Å². The second-order valence-corrected chi connectivity index (χ2v) is 9.92. The Bertz CT molecular complexity index is 1090. The first-order valence-corrected chi connectivity index (χ1v) is 11.8. The average molecular weight is 492 g/mol. The smallest absolute Gasteiger partial charge is 0.331 e. The Morgan fingerprint density at radius 1 is 1.09 bits per heavy atom. The van der Waals surface area contributed by atoms with Gasteiger partial charge >= 0.3 is 6.03 Å². The number of sulfonamides is 1. The van der Waals surface area contributed by atoms with E-state index in [1.165, 1.54) is 15.3 Å². The molecule has 2 aromatic rings. The van der Waals surface area contributed by atoms with Crippen molar-refractivity contribution >= 4 is 33.3 Å². The lowest BCUT2D eigenvalue weighted by Crippen LogP contribution is -2.54. The van der Waals surface area contributed by atoms with Crippen molar-refractivity contribution in [1.82, 2.24) is 19.5 Å². The Morgan fingerprint density at radius 3 is 2.34 bits per heavy atom. The highest BCUT2D eigenvalue weighted by atomic mass is 32.2. The van der Waals surface area contributed by atoms with E-state index >= 15 is 0 Å². The molecule has 174 valence electrons. The van der Waals surface area contributed by atoms with Gasteiger partial charge in [-0.05, 0) is 18.1 Å². The fourth-order valence-corrected chi connectivity index (χ4v) is 4.92. The third-order valence-electron chi connectivity index (χ3n) is 4.82. The van der Waals surface area contributed by atoms with Crippen LogP contribution >= 0.6 is 11.3 Å². The Balaban J connectivity index is 1.49. The zero-order valence-corrected chi connectivity index (χ0v) is 18.3. The molecule has 9 nitrogen and oxygen atoms in total. The number of carbonyl (C=O) groups is 2. The number of hydrogen-bond donors (Lipinski definition) is 2. The second kappa shape index (κ2) is 9.83. The van der Waals surface area contributed by atoms with Gasteiger partial charge < -0.3 is 15.5 Å². The number of piperazine rings is 1. The van der Waals surface area contributed by atoms with Gasteiger partial charge in [0.1, 0.15) is 5.82 Å². The molecule has 2 heterocycles. The standard InChI is InChI=1S/C18H20F3N5O4S2/c19-13-8-15(21)14(20)6-11(13)5-12(22)7-16(27)25-1-3-26(4-2-25)18(28)24-32(29,30)17-9-23-10-31-17/h6,8-10,12H,1-5,7,22H2,(H,24,28)/t12-/m1/s1. The first-order chi connectivity index (χ1) is 15.1. The molecule has 3 rings (SSSR count). The summed E-state index contributed by atoms with van der Waals surface area (Å²) in [5.41, 5.74) is 7.08. The lowest BCUT2D eigenvalue weighted by Gasteiger charge is -2.35. The largest absolute Gasteiger partial charge is 0.339 e. The number of aromatic nitrogens is 1. The lowest BCUT2D eigenvalue weighted by molar-refractivity contribution is -0.132. The zero-order valence-electron chi connectivity index (χ0n) is 16.6. The molecule has 0 unspecified atom stereocenters. The Labute approximate surface area is 186 Å². The highest BCUT2D eigenvalue weighted by Crippen LogP contribution is 2.17. The van der Waals surface area contributed by atoms with Gasteiger partial charge in [0.05, 0.1) is 11.7 Å². The van der Waals surface area contributed by atoms with E-state index in [1.807, 2.05) is 4.72 Å². The number of nitrogens with zero attached hydrogens (tertiary/aromatic N) is 3. The Morgan fingerprint density at radius 2 is 1.72 bits per heavy atom. The van der Waals surface area contributed by atoms with Crippen LogP contribution in [-0.4, -0.2) is 67.4 Å². The third kappa shape index (κ3) is 5.75. The van der Waals surface area contributed by atoms with E-state index in [9.17, 15) is 31.2 Å². The van der Waals surface area contributed by atoms with Gasteiger partial charge in [-0.15, -0.1) is 11.3 Å². The first kappa shape index (κ1) is 23.9. The van der Waals surface area contributed by atoms with E-state index in [1.54, 1.807) is 0 Å². The van der Waals surface area contributed by atoms with E-state index in [0.29, 0.717) is 12.1 Å². The van der Waals surface area contributed by atoms with E-state index in [0.717, 1.165) is 17.5 Å². The molecule has 1 aromatic heterocycles. The van der Waals surface area contributed by atoms with Gasteiger partial charge in [0.15, 0.2) is 15.8 Å². The molecule has 14 heteroatoms. The SMILES string of the molecule is N[C@@H](CC(=O)N1CCN(C(=O)NS(=O)(=O)c2cncs2)CC1)Cc1cc(F)c(F)cc1F. The van der Waals surface area contributed by atoms with Crippen molar-refractivity contribution in [3.8, 4) is 0 Å². The maximum absolute atomic E-state index is 13.8. The number of thiazole rings is 1. The van der Waals surface area contributed by atoms with Gasteiger partial charge in [0.2, 0.25) is 5.91 Å². The summed E-state index contributed by atoms with van der Waals surface area (Å²) in [6.45, 7) is 0.504. The van der Waals surface area contributed by atoms with Crippen molar-refractivity contribution in [2.75, 3.05) is 26.2 Å². The molecule has 32 heavy (non-hydrogen) atoms. The minimum atomic E-state index is -4.01. The van der Waals surface area contributed by atoms with Gasteiger partial charge in [0.25, 0.3) is 10.0 Å². The molecule has 3 N–H and O–H groups in total. The molecular weight excluding hydrogens is 471 g/mol. The summed E-state index contributed by atoms with van der Waals surface area (Å²) < 4.78 is 66.2. The summed E-state index contributed by atoms with van der Waals surface area (Å²) in [5, 5.41) is 0. The van der Waals surface area contributed by atoms with Gasteiger partial charge in [-0.3, -0.25) is 9.78 Å². The molecule has 1 saturated heterocycles. The molecule has 0 radical (unpaired) electrons. The maximum Gasteiger partial charge on any atom is 0.331 e. The monoisotopic (exact) mass is 491 g/mol. The van der Waals surface area contributed by atoms with Crippen LogP contribution in [0.2, 0.25) is 0 Å². The van der Waals surface area contributed by atoms with Gasteiger partial charge in [-0.2, -0.15) is 0 Å². The zero-order chi connectivity index (χ0) is 23.5. The molecule has 1 aliphatic heterocycles. The Hall–Kier alpha value is -2.71. The summed E-state index contributed by atoms with van der Waals surface area (Å²) in [6, 6.07) is -0.491. The maximum atomic E-state index is 13.8. The van der Waals surface area contributed by atoms with Crippen LogP contribution in [0.1, 0.15) is 12.0 Å². The van der Waals surface area contributed by atoms with Crippen LogP contribution < -0.4 is 10.5 Å². The summed E-state index contributed by atoms with van der Waals surface area (Å²) >= 11 is 0.871. The molecule has 0 spiro atoms. The molecule has 3 amide bonds. The molecule has 0 bridgehead atoms. The number of nitrogens with one attached hydrogen (secondary N) is 1. The predicted octanol–water partition coefficient (Wildman–Crippen LogP) is 1.06. The number of rotatable bonds is 6. The topological polar surface area (TPSA) is 126 Å². The molecule has 1 aromatic carbocycles. The summed E-state index contributed by atoms with van der Waals surface area (Å²) in [6.07, 6.45) is 0.809. The number of urea groups is 1. The molecule has 1 fully saturated rings. The number of halogens is 3. The summed E-state index contributed by atoms with van der Waals surface area (Å²) in [4.78, 5) is 31.1. The van der Waals surface area contributed by atoms with Gasteiger partial charge in [0, 0.05) is 44.7 Å². The van der Waals surface area contributed by atoms with Gasteiger partial charge in [-0.25, -0.2) is 31.1 Å². The van der Waals surface area contributed by atoms with Crippen molar-refractivity contribution in [2.24, 2.45) is 5.73 Å². The van der Waals surface area contributed by atoms with Crippen molar-refractivity contribution in [3.05, 3.63) is 46.9 Å². The number of nitrogens with two attached hydrogens (primary N) is 1. The molecular formula is C18H20F3N5O4S2. The van der Waals surface area contributed by atoms with Crippen molar-refractivity contribution in [1.29, 1.82) is 0 Å². The quantitative estimate of drug-likeness (QED) is 0.582. The molecule has 0 saturated carbocycles. The fraction of sp³-hybridized carbons (Fsp3) is 0.389. The van der Waals surface area contributed by atoms with Crippen molar-refractivity contribution in [3.63, 3.8) is 0 Å². The van der Waals surface area contributed by atoms with Crippen molar-refractivity contribution in [2.45, 2.75) is 23.1 Å². The minimum Gasteiger partial charge on any atom is -0.339 e.